The van der Waals surface area contributed by atoms with Gasteiger partial charge in [-0.15, -0.1) is 0 Å². The van der Waals surface area contributed by atoms with E-state index in [1.165, 1.54) is 19.1 Å². The highest BCUT2D eigenvalue weighted by Crippen LogP contribution is 2.10. The fourth-order valence-corrected chi connectivity index (χ4v) is 1.16. The van der Waals surface area contributed by atoms with Crippen LogP contribution >= 0.6 is 0 Å². The molecule has 0 spiro atoms. The fourth-order valence-electron chi connectivity index (χ4n) is 1.16. The van der Waals surface area contributed by atoms with E-state index >= 15 is 0 Å². The Kier molecular flexibility index (Phi) is 3.97. The zero-order valence-corrected chi connectivity index (χ0v) is 8.70. The van der Waals surface area contributed by atoms with Crippen molar-refractivity contribution in [2.45, 2.75) is 19.5 Å². The molecular formula is C11H11FN2O2. The third-order valence-electron chi connectivity index (χ3n) is 2.16. The average molecular weight is 222 g/mol. The molecule has 0 aliphatic heterocycles. The Bertz CT molecular complexity index is 440. The Labute approximate surface area is 92.3 Å². The summed E-state index contributed by atoms with van der Waals surface area (Å²) in [6.45, 7) is 1.72. The van der Waals surface area contributed by atoms with Gasteiger partial charge >= 0.3 is 5.97 Å². The molecule has 0 unspecified atom stereocenters. The number of aliphatic carboxylic acids is 1. The number of nitrogens with one attached hydrogen (secondary N) is 1. The Morgan fingerprint density at radius 2 is 2.38 bits per heavy atom. The second-order valence-electron chi connectivity index (χ2n) is 3.35. The number of rotatable bonds is 4. The van der Waals surface area contributed by atoms with Crippen molar-refractivity contribution in [1.82, 2.24) is 5.32 Å². The molecule has 1 rings (SSSR count). The van der Waals surface area contributed by atoms with Crippen LogP contribution in [0.15, 0.2) is 18.2 Å². The Balaban J connectivity index is 2.75. The zero-order chi connectivity index (χ0) is 12.1. The topological polar surface area (TPSA) is 73.1 Å². The van der Waals surface area contributed by atoms with Gasteiger partial charge in [-0.1, -0.05) is 6.07 Å². The summed E-state index contributed by atoms with van der Waals surface area (Å²) in [4.78, 5) is 10.5. The summed E-state index contributed by atoms with van der Waals surface area (Å²) < 4.78 is 12.8. The van der Waals surface area contributed by atoms with Crippen LogP contribution in [-0.2, 0) is 11.3 Å². The number of carboxylic acids is 1. The van der Waals surface area contributed by atoms with Crippen molar-refractivity contribution in [3.8, 4) is 6.07 Å². The summed E-state index contributed by atoms with van der Waals surface area (Å²) in [5.41, 5.74) is 0.794. The van der Waals surface area contributed by atoms with Crippen molar-refractivity contribution in [1.29, 1.82) is 5.26 Å². The zero-order valence-electron chi connectivity index (χ0n) is 8.70. The van der Waals surface area contributed by atoms with Gasteiger partial charge in [0.2, 0.25) is 0 Å². The molecule has 0 radical (unpaired) electrons. The van der Waals surface area contributed by atoms with Gasteiger partial charge in [0.05, 0.1) is 11.6 Å². The lowest BCUT2D eigenvalue weighted by Gasteiger charge is -2.09. The van der Waals surface area contributed by atoms with Crippen LogP contribution < -0.4 is 5.32 Å². The van der Waals surface area contributed by atoms with Crippen LogP contribution in [0.2, 0.25) is 0 Å². The summed E-state index contributed by atoms with van der Waals surface area (Å²) in [5.74, 6) is -1.45. The molecule has 1 aromatic carbocycles. The smallest absolute Gasteiger partial charge is 0.320 e. The van der Waals surface area contributed by atoms with Gasteiger partial charge in [-0.2, -0.15) is 5.26 Å². The molecule has 4 nitrogen and oxygen atoms in total. The first-order chi connectivity index (χ1) is 7.54. The molecule has 0 aliphatic rings. The van der Waals surface area contributed by atoms with E-state index in [1.54, 1.807) is 0 Å². The van der Waals surface area contributed by atoms with Crippen LogP contribution in [0.1, 0.15) is 18.1 Å². The molecule has 2 N–H and O–H groups in total. The second kappa shape index (κ2) is 5.24. The maximum absolute atomic E-state index is 12.8. The molecule has 0 aliphatic carbocycles. The minimum Gasteiger partial charge on any atom is -0.480 e. The monoisotopic (exact) mass is 222 g/mol. The van der Waals surface area contributed by atoms with Crippen LogP contribution in [0.4, 0.5) is 4.39 Å². The van der Waals surface area contributed by atoms with E-state index in [1.807, 2.05) is 6.07 Å². The van der Waals surface area contributed by atoms with E-state index in [0.717, 1.165) is 6.07 Å². The lowest BCUT2D eigenvalue weighted by Crippen LogP contribution is -2.33. The number of carboxylic acid groups (broad SMARTS) is 1. The summed E-state index contributed by atoms with van der Waals surface area (Å²) in [6, 6.07) is 4.98. The number of nitrogens with zero attached hydrogens (tertiary/aromatic N) is 1. The average Bonchev–Trinajstić information content (AvgIpc) is 2.26. The third kappa shape index (κ3) is 3.04. The first kappa shape index (κ1) is 12.1. The predicted molar refractivity (Wildman–Crippen MR) is 55.1 cm³/mol. The molecule has 0 saturated carbocycles. The maximum atomic E-state index is 12.8. The molecule has 0 fully saturated rings. The predicted octanol–water partition coefficient (Wildman–Crippen LogP) is 1.26. The Morgan fingerprint density at radius 1 is 1.69 bits per heavy atom. The van der Waals surface area contributed by atoms with Crippen molar-refractivity contribution < 1.29 is 14.3 Å². The molecule has 0 saturated heterocycles. The fraction of sp³-hybridized carbons (Fsp3) is 0.273. The van der Waals surface area contributed by atoms with Crippen molar-refractivity contribution in [2.75, 3.05) is 0 Å². The summed E-state index contributed by atoms with van der Waals surface area (Å²) in [7, 11) is 0. The van der Waals surface area contributed by atoms with Gasteiger partial charge in [0.1, 0.15) is 11.9 Å². The Hall–Kier alpha value is -1.93. The first-order valence-electron chi connectivity index (χ1n) is 4.69. The minimum absolute atomic E-state index is 0.213. The van der Waals surface area contributed by atoms with Gasteiger partial charge < -0.3 is 10.4 Å². The second-order valence-corrected chi connectivity index (χ2v) is 3.35. The molecule has 16 heavy (non-hydrogen) atoms. The van der Waals surface area contributed by atoms with Crippen LogP contribution in [0.25, 0.3) is 0 Å². The van der Waals surface area contributed by atoms with Crippen molar-refractivity contribution in [3.63, 3.8) is 0 Å². The van der Waals surface area contributed by atoms with Crippen LogP contribution in [-0.4, -0.2) is 17.1 Å². The lowest BCUT2D eigenvalue weighted by atomic mass is 10.1. The normalized spacial score (nSPS) is 11.8. The van der Waals surface area contributed by atoms with Gasteiger partial charge in [-0.3, -0.25) is 4.79 Å². The number of hydrogen-bond donors (Lipinski definition) is 2. The molecule has 1 aromatic rings. The molecular weight excluding hydrogens is 211 g/mol. The summed E-state index contributed by atoms with van der Waals surface area (Å²) >= 11 is 0. The van der Waals surface area contributed by atoms with Gasteiger partial charge in [-0.25, -0.2) is 4.39 Å². The minimum atomic E-state index is -0.972. The van der Waals surface area contributed by atoms with Gasteiger partial charge in [-0.05, 0) is 24.6 Å². The van der Waals surface area contributed by atoms with Crippen molar-refractivity contribution in [3.05, 3.63) is 35.1 Å². The molecule has 1 atom stereocenters. The molecule has 84 valence electrons. The number of benzene rings is 1. The summed E-state index contributed by atoms with van der Waals surface area (Å²) in [6.07, 6.45) is 0. The quantitative estimate of drug-likeness (QED) is 0.804. The standard InChI is InChI=1S/C11H11FN2O2/c1-7(11(15)16)14-6-8-2-3-10(12)4-9(8)5-13/h2-4,7,14H,6H2,1H3,(H,15,16)/t7-/m0/s1. The van der Waals surface area contributed by atoms with E-state index in [9.17, 15) is 9.18 Å². The molecule has 0 heterocycles. The van der Waals surface area contributed by atoms with Gasteiger partial charge in [0.15, 0.2) is 0 Å². The van der Waals surface area contributed by atoms with E-state index in [0.29, 0.717) is 5.56 Å². The molecule has 5 heteroatoms. The van der Waals surface area contributed by atoms with Crippen molar-refractivity contribution in [2.24, 2.45) is 0 Å². The lowest BCUT2D eigenvalue weighted by molar-refractivity contribution is -0.139. The van der Waals surface area contributed by atoms with E-state index in [-0.39, 0.29) is 12.1 Å². The number of carbonyl (C=O) groups is 1. The number of halogens is 1. The molecule has 0 aromatic heterocycles. The Morgan fingerprint density at radius 3 is 2.94 bits per heavy atom. The highest BCUT2D eigenvalue weighted by molar-refractivity contribution is 5.72. The van der Waals surface area contributed by atoms with E-state index in [2.05, 4.69) is 5.32 Å². The van der Waals surface area contributed by atoms with Gasteiger partial charge in [0, 0.05) is 6.54 Å². The number of hydrogen-bond acceptors (Lipinski definition) is 3. The summed E-state index contributed by atoms with van der Waals surface area (Å²) in [5, 5.41) is 20.1. The molecule has 0 bridgehead atoms. The molecule has 0 amide bonds. The SMILES string of the molecule is C[C@H](NCc1ccc(F)cc1C#N)C(=O)O. The first-order valence-corrected chi connectivity index (χ1v) is 4.69. The number of nitriles is 1. The maximum Gasteiger partial charge on any atom is 0.320 e. The van der Waals surface area contributed by atoms with E-state index < -0.39 is 17.8 Å². The van der Waals surface area contributed by atoms with Crippen LogP contribution in [0.3, 0.4) is 0 Å². The largest absolute Gasteiger partial charge is 0.480 e. The third-order valence-corrected chi connectivity index (χ3v) is 2.16. The van der Waals surface area contributed by atoms with Gasteiger partial charge in [0.25, 0.3) is 0 Å². The van der Waals surface area contributed by atoms with E-state index in [4.69, 9.17) is 10.4 Å². The van der Waals surface area contributed by atoms with Crippen molar-refractivity contribution >= 4 is 5.97 Å². The highest BCUT2D eigenvalue weighted by atomic mass is 19.1. The van der Waals surface area contributed by atoms with Crippen LogP contribution in [0, 0.1) is 17.1 Å². The van der Waals surface area contributed by atoms with Crippen LogP contribution in [0.5, 0.6) is 0 Å². The highest BCUT2D eigenvalue weighted by Gasteiger charge is 2.11.